The van der Waals surface area contributed by atoms with E-state index in [2.05, 4.69) is 0 Å². The van der Waals surface area contributed by atoms with E-state index in [4.69, 9.17) is 10.00 Å². The lowest BCUT2D eigenvalue weighted by Crippen LogP contribution is -2.10. The Labute approximate surface area is 94.1 Å². The summed E-state index contributed by atoms with van der Waals surface area (Å²) in [7, 11) is 0. The normalized spacial score (nSPS) is 11.6. The molecule has 1 N–H and O–H groups in total. The fraction of sp³-hybridized carbons (Fsp3) is 0.333. The Bertz CT molecular complexity index is 409. The molecule has 1 aromatic carbocycles. The molecule has 1 aromatic rings. The first kappa shape index (κ1) is 12.2. The van der Waals surface area contributed by atoms with Gasteiger partial charge in [0.05, 0.1) is 30.8 Å². The SMILES string of the molecule is CCOC(=O)CC(O)c1cccc(C#N)c1. The van der Waals surface area contributed by atoms with Crippen molar-refractivity contribution < 1.29 is 14.6 Å². The van der Waals surface area contributed by atoms with E-state index in [9.17, 15) is 9.90 Å². The Morgan fingerprint density at radius 1 is 1.62 bits per heavy atom. The van der Waals surface area contributed by atoms with Gasteiger partial charge in [-0.3, -0.25) is 4.79 Å². The summed E-state index contributed by atoms with van der Waals surface area (Å²) >= 11 is 0. The molecule has 0 amide bonds. The number of benzene rings is 1. The van der Waals surface area contributed by atoms with Crippen molar-refractivity contribution in [1.82, 2.24) is 0 Å². The molecular formula is C12H13NO3. The van der Waals surface area contributed by atoms with Gasteiger partial charge in [-0.25, -0.2) is 0 Å². The zero-order chi connectivity index (χ0) is 12.0. The smallest absolute Gasteiger partial charge is 0.308 e. The average Bonchev–Trinajstić information content (AvgIpc) is 2.29. The van der Waals surface area contributed by atoms with Crippen LogP contribution < -0.4 is 0 Å². The molecule has 1 unspecified atom stereocenters. The van der Waals surface area contributed by atoms with Crippen molar-refractivity contribution in [3.63, 3.8) is 0 Å². The summed E-state index contributed by atoms with van der Waals surface area (Å²) in [6.45, 7) is 2.00. The van der Waals surface area contributed by atoms with Gasteiger partial charge in [0.15, 0.2) is 0 Å². The lowest BCUT2D eigenvalue weighted by Gasteiger charge is -2.10. The molecule has 0 fully saturated rings. The van der Waals surface area contributed by atoms with Gasteiger partial charge in [0, 0.05) is 0 Å². The summed E-state index contributed by atoms with van der Waals surface area (Å²) in [5, 5.41) is 18.4. The van der Waals surface area contributed by atoms with Gasteiger partial charge in [-0.1, -0.05) is 12.1 Å². The predicted molar refractivity (Wildman–Crippen MR) is 57.4 cm³/mol. The van der Waals surface area contributed by atoms with Crippen LogP contribution in [0.15, 0.2) is 24.3 Å². The monoisotopic (exact) mass is 219 g/mol. The number of aliphatic hydroxyl groups is 1. The number of carbonyl (C=O) groups is 1. The van der Waals surface area contributed by atoms with Crippen molar-refractivity contribution >= 4 is 5.97 Å². The minimum atomic E-state index is -0.924. The summed E-state index contributed by atoms with van der Waals surface area (Å²) in [6.07, 6.45) is -1.02. The highest BCUT2D eigenvalue weighted by Gasteiger charge is 2.13. The predicted octanol–water partition coefficient (Wildman–Crippen LogP) is 1.54. The van der Waals surface area contributed by atoms with E-state index >= 15 is 0 Å². The van der Waals surface area contributed by atoms with Crippen LogP contribution in [0.3, 0.4) is 0 Å². The average molecular weight is 219 g/mol. The minimum Gasteiger partial charge on any atom is -0.466 e. The summed E-state index contributed by atoms with van der Waals surface area (Å²) in [5.41, 5.74) is 1.01. The van der Waals surface area contributed by atoms with Gasteiger partial charge >= 0.3 is 5.97 Å². The Hall–Kier alpha value is -1.86. The molecule has 1 rings (SSSR count). The fourth-order valence-corrected chi connectivity index (χ4v) is 1.31. The molecule has 1 atom stereocenters. The van der Waals surface area contributed by atoms with Crippen LogP contribution in [0.4, 0.5) is 0 Å². The van der Waals surface area contributed by atoms with Gasteiger partial charge in [0.1, 0.15) is 0 Å². The van der Waals surface area contributed by atoms with Crippen LogP contribution in [0.25, 0.3) is 0 Å². The van der Waals surface area contributed by atoms with E-state index in [0.29, 0.717) is 17.7 Å². The van der Waals surface area contributed by atoms with Crippen LogP contribution in [0.2, 0.25) is 0 Å². The molecule has 0 saturated carbocycles. The third-order valence-electron chi connectivity index (χ3n) is 2.07. The number of esters is 1. The van der Waals surface area contributed by atoms with E-state index in [0.717, 1.165) is 0 Å². The van der Waals surface area contributed by atoms with E-state index in [1.165, 1.54) is 0 Å². The van der Waals surface area contributed by atoms with E-state index < -0.39 is 12.1 Å². The number of rotatable bonds is 4. The molecule has 0 bridgehead atoms. The molecule has 0 aliphatic carbocycles. The number of hydrogen-bond donors (Lipinski definition) is 1. The van der Waals surface area contributed by atoms with Crippen molar-refractivity contribution in [2.45, 2.75) is 19.4 Å². The molecule has 0 aromatic heterocycles. The Balaban J connectivity index is 2.69. The Morgan fingerprint density at radius 2 is 2.38 bits per heavy atom. The van der Waals surface area contributed by atoms with Crippen molar-refractivity contribution in [3.8, 4) is 6.07 Å². The zero-order valence-electron chi connectivity index (χ0n) is 9.01. The highest BCUT2D eigenvalue weighted by Crippen LogP contribution is 2.18. The van der Waals surface area contributed by atoms with Crippen LogP contribution in [-0.2, 0) is 9.53 Å². The van der Waals surface area contributed by atoms with E-state index in [1.807, 2.05) is 6.07 Å². The second kappa shape index (κ2) is 5.89. The first-order valence-corrected chi connectivity index (χ1v) is 5.01. The highest BCUT2D eigenvalue weighted by molar-refractivity contribution is 5.70. The standard InChI is InChI=1S/C12H13NO3/c1-2-16-12(15)7-11(14)10-5-3-4-9(6-10)8-13/h3-6,11,14H,2,7H2,1H3. The molecule has 4 heteroatoms. The van der Waals surface area contributed by atoms with Crippen LogP contribution in [0.5, 0.6) is 0 Å². The van der Waals surface area contributed by atoms with Gasteiger partial charge in [0.2, 0.25) is 0 Å². The molecule has 0 aliphatic heterocycles. The number of carbonyl (C=O) groups excluding carboxylic acids is 1. The molecule has 0 saturated heterocycles. The molecule has 84 valence electrons. The molecule has 0 aliphatic rings. The topological polar surface area (TPSA) is 70.3 Å². The summed E-state index contributed by atoms with van der Waals surface area (Å²) in [5.74, 6) is -0.447. The van der Waals surface area contributed by atoms with Gasteiger partial charge in [0.25, 0.3) is 0 Å². The molecule has 16 heavy (non-hydrogen) atoms. The van der Waals surface area contributed by atoms with E-state index in [-0.39, 0.29) is 6.42 Å². The van der Waals surface area contributed by atoms with Crippen molar-refractivity contribution in [2.24, 2.45) is 0 Å². The maximum atomic E-state index is 11.1. The van der Waals surface area contributed by atoms with Crippen molar-refractivity contribution in [2.75, 3.05) is 6.61 Å². The number of nitriles is 1. The number of hydrogen-bond acceptors (Lipinski definition) is 4. The number of ether oxygens (including phenoxy) is 1. The summed E-state index contributed by atoms with van der Waals surface area (Å²) in [4.78, 5) is 11.1. The second-order valence-corrected chi connectivity index (χ2v) is 3.26. The first-order valence-electron chi connectivity index (χ1n) is 5.01. The fourth-order valence-electron chi connectivity index (χ4n) is 1.31. The van der Waals surface area contributed by atoms with Crippen LogP contribution in [-0.4, -0.2) is 17.7 Å². The molecule has 4 nitrogen and oxygen atoms in total. The number of aliphatic hydroxyl groups excluding tert-OH is 1. The van der Waals surface area contributed by atoms with Crippen LogP contribution in [0.1, 0.15) is 30.6 Å². The quantitative estimate of drug-likeness (QED) is 0.780. The molecule has 0 spiro atoms. The van der Waals surface area contributed by atoms with Crippen LogP contribution in [0, 0.1) is 11.3 Å². The summed E-state index contributed by atoms with van der Waals surface area (Å²) in [6, 6.07) is 8.51. The third-order valence-corrected chi connectivity index (χ3v) is 2.07. The lowest BCUT2D eigenvalue weighted by molar-refractivity contribution is -0.145. The Kier molecular flexibility index (Phi) is 4.49. The second-order valence-electron chi connectivity index (χ2n) is 3.26. The van der Waals surface area contributed by atoms with Gasteiger partial charge in [-0.05, 0) is 24.6 Å². The maximum Gasteiger partial charge on any atom is 0.308 e. The zero-order valence-corrected chi connectivity index (χ0v) is 9.01. The number of nitrogens with zero attached hydrogens (tertiary/aromatic N) is 1. The van der Waals surface area contributed by atoms with E-state index in [1.54, 1.807) is 31.2 Å². The molecule has 0 heterocycles. The maximum absolute atomic E-state index is 11.1. The first-order chi connectivity index (χ1) is 7.67. The van der Waals surface area contributed by atoms with Gasteiger partial charge in [-0.15, -0.1) is 0 Å². The summed E-state index contributed by atoms with van der Waals surface area (Å²) < 4.78 is 4.73. The van der Waals surface area contributed by atoms with Crippen molar-refractivity contribution in [3.05, 3.63) is 35.4 Å². The van der Waals surface area contributed by atoms with Gasteiger partial charge < -0.3 is 9.84 Å². The minimum absolute atomic E-state index is 0.0945. The van der Waals surface area contributed by atoms with Crippen LogP contribution >= 0.6 is 0 Å². The van der Waals surface area contributed by atoms with Crippen molar-refractivity contribution in [1.29, 1.82) is 5.26 Å². The molecule has 0 radical (unpaired) electrons. The van der Waals surface area contributed by atoms with Gasteiger partial charge in [-0.2, -0.15) is 5.26 Å². The largest absolute Gasteiger partial charge is 0.466 e. The molecular weight excluding hydrogens is 206 g/mol. The lowest BCUT2D eigenvalue weighted by atomic mass is 10.0. The Morgan fingerprint density at radius 3 is 3.00 bits per heavy atom. The third kappa shape index (κ3) is 3.37. The highest BCUT2D eigenvalue weighted by atomic mass is 16.5.